The zero-order valence-corrected chi connectivity index (χ0v) is 13.1. The summed E-state index contributed by atoms with van der Waals surface area (Å²) in [5.41, 5.74) is 4.21. The van der Waals surface area contributed by atoms with Crippen molar-refractivity contribution in [1.82, 2.24) is 5.32 Å². The summed E-state index contributed by atoms with van der Waals surface area (Å²) < 4.78 is 0. The molecule has 2 rings (SSSR count). The van der Waals surface area contributed by atoms with Gasteiger partial charge in [-0.3, -0.25) is 0 Å². The van der Waals surface area contributed by atoms with E-state index in [-0.39, 0.29) is 0 Å². The van der Waals surface area contributed by atoms with E-state index in [0.29, 0.717) is 11.7 Å². The molecule has 3 nitrogen and oxygen atoms in total. The van der Waals surface area contributed by atoms with Gasteiger partial charge in [0.2, 0.25) is 0 Å². The highest BCUT2D eigenvalue weighted by molar-refractivity contribution is 7.80. The van der Waals surface area contributed by atoms with Crippen molar-refractivity contribution in [2.24, 2.45) is 0 Å². The molecule has 0 spiro atoms. The number of hydrogen-bond acceptors (Lipinski definition) is 2. The van der Waals surface area contributed by atoms with Crippen LogP contribution in [0.2, 0.25) is 0 Å². The number of nitrogens with one attached hydrogen (secondary N) is 2. The maximum Gasteiger partial charge on any atom is 0.170 e. The monoisotopic (exact) mass is 300 g/mol. The normalized spacial score (nSPS) is 11.8. The number of aryl methyl sites for hydroxylation is 2. The fraction of sp³-hybridized carbons (Fsp3) is 0.235. The van der Waals surface area contributed by atoms with Gasteiger partial charge in [-0.05, 0) is 43.3 Å². The molecule has 0 aliphatic rings. The molecule has 1 atom stereocenters. The molecule has 0 aliphatic heterocycles. The highest BCUT2D eigenvalue weighted by Crippen LogP contribution is 2.16. The van der Waals surface area contributed by atoms with E-state index in [1.54, 1.807) is 0 Å². The van der Waals surface area contributed by atoms with Crippen LogP contribution in [-0.2, 0) is 0 Å². The Kier molecular flexibility index (Phi) is 5.31. The molecular weight excluding hydrogens is 280 g/mol. The van der Waals surface area contributed by atoms with Gasteiger partial charge >= 0.3 is 0 Å². The lowest BCUT2D eigenvalue weighted by atomic mass is 10.1. The number of anilines is 1. The van der Waals surface area contributed by atoms with Crippen molar-refractivity contribution >= 4 is 23.0 Å². The van der Waals surface area contributed by atoms with Crippen LogP contribution in [0.3, 0.4) is 0 Å². The van der Waals surface area contributed by atoms with Crippen LogP contribution in [0.5, 0.6) is 0 Å². The SMILES string of the molecule is Cc1ccc(NC(=S)NC[C@@H](O)c2ccccc2)c(C)c1. The Hall–Kier alpha value is -1.91. The molecule has 0 fully saturated rings. The zero-order valence-electron chi connectivity index (χ0n) is 12.3. The number of aliphatic hydroxyl groups excluding tert-OH is 1. The van der Waals surface area contributed by atoms with Crippen LogP contribution in [0.15, 0.2) is 48.5 Å². The Morgan fingerprint density at radius 2 is 1.86 bits per heavy atom. The quantitative estimate of drug-likeness (QED) is 0.758. The molecule has 0 heterocycles. The Morgan fingerprint density at radius 1 is 1.14 bits per heavy atom. The molecule has 110 valence electrons. The molecule has 0 aliphatic carbocycles. The van der Waals surface area contributed by atoms with Crippen molar-refractivity contribution < 1.29 is 5.11 Å². The van der Waals surface area contributed by atoms with E-state index in [4.69, 9.17) is 12.2 Å². The van der Waals surface area contributed by atoms with Crippen LogP contribution < -0.4 is 10.6 Å². The Balaban J connectivity index is 1.87. The van der Waals surface area contributed by atoms with Gasteiger partial charge in [-0.25, -0.2) is 0 Å². The van der Waals surface area contributed by atoms with Crippen LogP contribution in [-0.4, -0.2) is 16.8 Å². The summed E-state index contributed by atoms with van der Waals surface area (Å²) in [5.74, 6) is 0. The summed E-state index contributed by atoms with van der Waals surface area (Å²) in [5, 5.41) is 16.8. The minimum atomic E-state index is -0.579. The summed E-state index contributed by atoms with van der Waals surface area (Å²) in [6.07, 6.45) is -0.579. The van der Waals surface area contributed by atoms with Crippen LogP contribution in [0, 0.1) is 13.8 Å². The molecule has 0 unspecified atom stereocenters. The first-order valence-electron chi connectivity index (χ1n) is 6.91. The van der Waals surface area contributed by atoms with Crippen LogP contribution in [0.1, 0.15) is 22.8 Å². The van der Waals surface area contributed by atoms with Gasteiger partial charge in [-0.2, -0.15) is 0 Å². The van der Waals surface area contributed by atoms with Crippen molar-refractivity contribution in [2.45, 2.75) is 20.0 Å². The molecule has 0 bridgehead atoms. The fourth-order valence-electron chi connectivity index (χ4n) is 2.10. The lowest BCUT2D eigenvalue weighted by molar-refractivity contribution is 0.181. The van der Waals surface area contributed by atoms with E-state index in [9.17, 15) is 5.11 Å². The minimum absolute atomic E-state index is 0.376. The Bertz CT molecular complexity index is 613. The number of aliphatic hydroxyl groups is 1. The first-order valence-corrected chi connectivity index (χ1v) is 7.32. The van der Waals surface area contributed by atoms with E-state index < -0.39 is 6.10 Å². The van der Waals surface area contributed by atoms with Gasteiger partial charge in [-0.15, -0.1) is 0 Å². The molecule has 0 aromatic heterocycles. The van der Waals surface area contributed by atoms with Crippen LogP contribution >= 0.6 is 12.2 Å². The van der Waals surface area contributed by atoms with Crippen molar-refractivity contribution in [3.8, 4) is 0 Å². The third kappa shape index (κ3) is 4.55. The smallest absolute Gasteiger partial charge is 0.170 e. The predicted molar refractivity (Wildman–Crippen MR) is 91.5 cm³/mol. The number of thiocarbonyl (C=S) groups is 1. The number of rotatable bonds is 4. The third-order valence-electron chi connectivity index (χ3n) is 3.27. The summed E-state index contributed by atoms with van der Waals surface area (Å²) in [4.78, 5) is 0. The summed E-state index contributed by atoms with van der Waals surface area (Å²) in [6.45, 7) is 4.47. The van der Waals surface area contributed by atoms with E-state index in [1.807, 2.05) is 49.4 Å². The van der Waals surface area contributed by atoms with Gasteiger partial charge in [0.05, 0.1) is 6.10 Å². The highest BCUT2D eigenvalue weighted by Gasteiger charge is 2.08. The largest absolute Gasteiger partial charge is 0.387 e. The highest BCUT2D eigenvalue weighted by atomic mass is 32.1. The second-order valence-corrected chi connectivity index (χ2v) is 5.49. The molecular formula is C17H20N2OS. The maximum absolute atomic E-state index is 10.1. The molecule has 2 aromatic carbocycles. The minimum Gasteiger partial charge on any atom is -0.387 e. The summed E-state index contributed by atoms with van der Waals surface area (Å²) >= 11 is 5.26. The average molecular weight is 300 g/mol. The van der Waals surface area contributed by atoms with E-state index >= 15 is 0 Å². The second kappa shape index (κ2) is 7.20. The molecule has 2 aromatic rings. The Labute approximate surface area is 131 Å². The molecule has 4 heteroatoms. The molecule has 0 amide bonds. The molecule has 0 saturated heterocycles. The zero-order chi connectivity index (χ0) is 15.2. The van der Waals surface area contributed by atoms with Crippen LogP contribution in [0.4, 0.5) is 5.69 Å². The van der Waals surface area contributed by atoms with E-state index in [2.05, 4.69) is 23.6 Å². The lowest BCUT2D eigenvalue weighted by Gasteiger charge is -2.16. The van der Waals surface area contributed by atoms with Gasteiger partial charge in [-0.1, -0.05) is 48.0 Å². The molecule has 3 N–H and O–H groups in total. The standard InChI is InChI=1S/C17H20N2OS/c1-12-8-9-15(13(2)10-12)19-17(21)18-11-16(20)14-6-4-3-5-7-14/h3-10,16,20H,11H2,1-2H3,(H2,18,19,21)/t16-/m1/s1. The first kappa shape index (κ1) is 15.5. The lowest BCUT2D eigenvalue weighted by Crippen LogP contribution is -2.32. The van der Waals surface area contributed by atoms with Crippen LogP contribution in [0.25, 0.3) is 0 Å². The number of hydrogen-bond donors (Lipinski definition) is 3. The topological polar surface area (TPSA) is 44.3 Å². The predicted octanol–water partition coefficient (Wildman–Crippen LogP) is 3.32. The van der Waals surface area contributed by atoms with Gasteiger partial charge in [0, 0.05) is 12.2 Å². The first-order chi connectivity index (χ1) is 10.1. The fourth-order valence-corrected chi connectivity index (χ4v) is 2.30. The number of benzene rings is 2. The average Bonchev–Trinajstić information content (AvgIpc) is 2.48. The van der Waals surface area contributed by atoms with Crippen molar-refractivity contribution in [2.75, 3.05) is 11.9 Å². The maximum atomic E-state index is 10.1. The van der Waals surface area contributed by atoms with Crippen molar-refractivity contribution in [3.05, 3.63) is 65.2 Å². The molecule has 21 heavy (non-hydrogen) atoms. The van der Waals surface area contributed by atoms with Gasteiger partial charge in [0.1, 0.15) is 0 Å². The Morgan fingerprint density at radius 3 is 2.52 bits per heavy atom. The van der Waals surface area contributed by atoms with E-state index in [1.165, 1.54) is 5.56 Å². The van der Waals surface area contributed by atoms with Gasteiger partial charge in [0.25, 0.3) is 0 Å². The van der Waals surface area contributed by atoms with Gasteiger partial charge in [0.15, 0.2) is 5.11 Å². The van der Waals surface area contributed by atoms with Crippen molar-refractivity contribution in [1.29, 1.82) is 0 Å². The summed E-state index contributed by atoms with van der Waals surface area (Å²) in [7, 11) is 0. The van der Waals surface area contributed by atoms with E-state index in [0.717, 1.165) is 16.8 Å². The van der Waals surface area contributed by atoms with Crippen molar-refractivity contribution in [3.63, 3.8) is 0 Å². The molecule has 0 saturated carbocycles. The third-order valence-corrected chi connectivity index (χ3v) is 3.52. The summed E-state index contributed by atoms with van der Waals surface area (Å²) in [6, 6.07) is 15.7. The van der Waals surface area contributed by atoms with Gasteiger partial charge < -0.3 is 15.7 Å². The second-order valence-electron chi connectivity index (χ2n) is 5.08. The molecule has 0 radical (unpaired) electrons.